The van der Waals surface area contributed by atoms with Gasteiger partial charge in [0.2, 0.25) is 17.5 Å². The zero-order valence-electron chi connectivity index (χ0n) is 12.0. The Labute approximate surface area is 129 Å². The van der Waals surface area contributed by atoms with Crippen LogP contribution in [-0.4, -0.2) is 4.98 Å². The highest BCUT2D eigenvalue weighted by Crippen LogP contribution is 2.19. The van der Waals surface area contributed by atoms with Crippen molar-refractivity contribution in [2.75, 3.05) is 5.32 Å². The van der Waals surface area contributed by atoms with Gasteiger partial charge in [0.1, 0.15) is 6.07 Å². The first-order valence-corrected chi connectivity index (χ1v) is 7.06. The summed E-state index contributed by atoms with van der Waals surface area (Å²) in [5.41, 5.74) is 2.51. The number of nitriles is 1. The van der Waals surface area contributed by atoms with Crippen LogP contribution in [-0.2, 0) is 13.0 Å². The highest BCUT2D eigenvalue weighted by molar-refractivity contribution is 5.46. The first-order chi connectivity index (χ1) is 10.8. The largest absolute Gasteiger partial charge is 0.423 e. The van der Waals surface area contributed by atoms with Gasteiger partial charge in [-0.3, -0.25) is 0 Å². The highest BCUT2D eigenvalue weighted by atomic mass is 16.4. The Kier molecular flexibility index (Phi) is 4.17. The van der Waals surface area contributed by atoms with E-state index in [0.717, 1.165) is 11.1 Å². The fourth-order valence-electron chi connectivity index (χ4n) is 2.18. The van der Waals surface area contributed by atoms with Crippen molar-refractivity contribution in [3.05, 3.63) is 83.4 Å². The molecular weight excluding hydrogens is 274 g/mol. The van der Waals surface area contributed by atoms with Gasteiger partial charge in [-0.1, -0.05) is 60.7 Å². The molecule has 0 aliphatic carbocycles. The summed E-state index contributed by atoms with van der Waals surface area (Å²) >= 11 is 0. The molecule has 1 aromatic heterocycles. The first-order valence-electron chi connectivity index (χ1n) is 7.06. The predicted molar refractivity (Wildman–Crippen MR) is 84.2 cm³/mol. The van der Waals surface area contributed by atoms with Crippen molar-refractivity contribution in [2.24, 2.45) is 0 Å². The van der Waals surface area contributed by atoms with E-state index in [1.165, 1.54) is 0 Å². The number of nitrogens with zero attached hydrogens (tertiary/aromatic N) is 2. The summed E-state index contributed by atoms with van der Waals surface area (Å²) in [5, 5.41) is 12.3. The standard InChI is InChI=1S/C18H15N3O/c19-12-16-18(20-13-15-9-5-2-6-10-15)22-17(21-16)11-14-7-3-1-4-8-14/h1-10,20H,11,13H2. The summed E-state index contributed by atoms with van der Waals surface area (Å²) in [4.78, 5) is 4.25. The minimum Gasteiger partial charge on any atom is -0.423 e. The van der Waals surface area contributed by atoms with E-state index in [-0.39, 0.29) is 0 Å². The third-order valence-electron chi connectivity index (χ3n) is 3.27. The van der Waals surface area contributed by atoms with E-state index in [1.807, 2.05) is 60.7 Å². The lowest BCUT2D eigenvalue weighted by molar-refractivity contribution is 0.517. The summed E-state index contributed by atoms with van der Waals surface area (Å²) in [7, 11) is 0. The molecule has 0 spiro atoms. The molecule has 0 aliphatic heterocycles. The van der Waals surface area contributed by atoms with Crippen molar-refractivity contribution < 1.29 is 4.42 Å². The van der Waals surface area contributed by atoms with Crippen LogP contribution in [0.15, 0.2) is 65.1 Å². The SMILES string of the molecule is N#Cc1nc(Cc2ccccc2)oc1NCc1ccccc1. The van der Waals surface area contributed by atoms with Crippen LogP contribution in [0, 0.1) is 11.3 Å². The molecule has 0 aliphatic rings. The molecule has 0 radical (unpaired) electrons. The average Bonchev–Trinajstić information content (AvgIpc) is 2.97. The predicted octanol–water partition coefficient (Wildman–Crippen LogP) is 3.75. The number of hydrogen-bond acceptors (Lipinski definition) is 4. The number of aromatic nitrogens is 1. The molecule has 1 heterocycles. The van der Waals surface area contributed by atoms with Crippen LogP contribution in [0.5, 0.6) is 0 Å². The van der Waals surface area contributed by atoms with Gasteiger partial charge in [0.15, 0.2) is 0 Å². The molecule has 0 saturated heterocycles. The topological polar surface area (TPSA) is 61.9 Å². The molecule has 0 saturated carbocycles. The maximum absolute atomic E-state index is 9.18. The minimum absolute atomic E-state index is 0.293. The molecule has 0 atom stereocenters. The van der Waals surface area contributed by atoms with Gasteiger partial charge in [0, 0.05) is 13.0 Å². The molecule has 22 heavy (non-hydrogen) atoms. The molecule has 1 N–H and O–H groups in total. The van der Waals surface area contributed by atoms with Gasteiger partial charge in [-0.25, -0.2) is 4.98 Å². The molecule has 0 amide bonds. The lowest BCUT2D eigenvalue weighted by Crippen LogP contribution is -1.99. The van der Waals surface area contributed by atoms with Gasteiger partial charge < -0.3 is 9.73 Å². The molecule has 3 rings (SSSR count). The van der Waals surface area contributed by atoms with Crippen molar-refractivity contribution in [3.8, 4) is 6.07 Å². The molecule has 4 nitrogen and oxygen atoms in total. The number of hydrogen-bond donors (Lipinski definition) is 1. The van der Waals surface area contributed by atoms with Gasteiger partial charge in [0.25, 0.3) is 0 Å². The zero-order chi connectivity index (χ0) is 15.2. The average molecular weight is 289 g/mol. The van der Waals surface area contributed by atoms with Crippen molar-refractivity contribution in [1.29, 1.82) is 5.26 Å². The summed E-state index contributed by atoms with van der Waals surface area (Å²) in [6.07, 6.45) is 0.572. The molecular formula is C18H15N3O. The van der Waals surface area contributed by atoms with Gasteiger partial charge in [-0.05, 0) is 11.1 Å². The Bertz CT molecular complexity index is 773. The number of nitrogens with one attached hydrogen (secondary N) is 1. The van der Waals surface area contributed by atoms with Gasteiger partial charge in [-0.2, -0.15) is 5.26 Å². The van der Waals surface area contributed by atoms with E-state index >= 15 is 0 Å². The summed E-state index contributed by atoms with van der Waals surface area (Å²) in [6, 6.07) is 21.9. The van der Waals surface area contributed by atoms with E-state index in [0.29, 0.717) is 30.4 Å². The Morgan fingerprint density at radius 3 is 2.23 bits per heavy atom. The maximum Gasteiger partial charge on any atom is 0.232 e. The second-order valence-electron chi connectivity index (χ2n) is 4.90. The lowest BCUT2D eigenvalue weighted by atomic mass is 10.1. The third kappa shape index (κ3) is 3.33. The second-order valence-corrected chi connectivity index (χ2v) is 4.90. The first kappa shape index (κ1) is 13.9. The number of anilines is 1. The van der Waals surface area contributed by atoms with Crippen molar-refractivity contribution in [1.82, 2.24) is 4.98 Å². The van der Waals surface area contributed by atoms with Gasteiger partial charge >= 0.3 is 0 Å². The quantitative estimate of drug-likeness (QED) is 0.777. The lowest BCUT2D eigenvalue weighted by Gasteiger charge is -2.02. The van der Waals surface area contributed by atoms with Crippen LogP contribution in [0.4, 0.5) is 5.88 Å². The van der Waals surface area contributed by atoms with E-state index in [4.69, 9.17) is 4.42 Å². The summed E-state index contributed by atoms with van der Waals surface area (Å²) < 4.78 is 5.69. The van der Waals surface area contributed by atoms with Crippen LogP contribution in [0.1, 0.15) is 22.7 Å². The molecule has 3 aromatic rings. The summed E-state index contributed by atoms with van der Waals surface area (Å²) in [5.74, 6) is 0.968. The van der Waals surface area contributed by atoms with E-state index in [9.17, 15) is 5.26 Å². The maximum atomic E-state index is 9.18. The smallest absolute Gasteiger partial charge is 0.232 e. The van der Waals surface area contributed by atoms with Gasteiger partial charge in [-0.15, -0.1) is 0 Å². The van der Waals surface area contributed by atoms with Crippen LogP contribution in [0.25, 0.3) is 0 Å². The highest BCUT2D eigenvalue weighted by Gasteiger charge is 2.13. The van der Waals surface area contributed by atoms with Gasteiger partial charge in [0.05, 0.1) is 0 Å². The molecule has 0 fully saturated rings. The number of oxazole rings is 1. The molecule has 0 bridgehead atoms. The van der Waals surface area contributed by atoms with E-state index in [1.54, 1.807) is 0 Å². The van der Waals surface area contributed by atoms with Crippen molar-refractivity contribution >= 4 is 5.88 Å². The normalized spacial score (nSPS) is 10.1. The Hall–Kier alpha value is -3.06. The van der Waals surface area contributed by atoms with Crippen LogP contribution >= 0.6 is 0 Å². The Balaban J connectivity index is 1.73. The van der Waals surface area contributed by atoms with E-state index < -0.39 is 0 Å². The van der Waals surface area contributed by atoms with Crippen LogP contribution in [0.3, 0.4) is 0 Å². The minimum atomic E-state index is 0.293. The molecule has 0 unspecified atom stereocenters. The van der Waals surface area contributed by atoms with Crippen LogP contribution < -0.4 is 5.32 Å². The van der Waals surface area contributed by atoms with Crippen molar-refractivity contribution in [2.45, 2.75) is 13.0 Å². The van der Waals surface area contributed by atoms with E-state index in [2.05, 4.69) is 16.4 Å². The summed E-state index contributed by atoms with van der Waals surface area (Å²) in [6.45, 7) is 0.593. The monoisotopic (exact) mass is 289 g/mol. The third-order valence-corrected chi connectivity index (χ3v) is 3.27. The number of rotatable bonds is 5. The van der Waals surface area contributed by atoms with Crippen LogP contribution in [0.2, 0.25) is 0 Å². The fourth-order valence-corrected chi connectivity index (χ4v) is 2.18. The van der Waals surface area contributed by atoms with Crippen molar-refractivity contribution in [3.63, 3.8) is 0 Å². The fraction of sp³-hybridized carbons (Fsp3) is 0.111. The Morgan fingerprint density at radius 1 is 0.955 bits per heavy atom. The second kappa shape index (κ2) is 6.59. The number of benzene rings is 2. The zero-order valence-corrected chi connectivity index (χ0v) is 12.0. The molecule has 108 valence electrons. The molecule has 2 aromatic carbocycles. The molecule has 4 heteroatoms. The Morgan fingerprint density at radius 2 is 1.59 bits per heavy atom.